The van der Waals surface area contributed by atoms with Gasteiger partial charge in [-0.25, -0.2) is 0 Å². The fraction of sp³-hybridized carbons (Fsp3) is 1.00. The third-order valence-electron chi connectivity index (χ3n) is 0.896. The van der Waals surface area contributed by atoms with Crippen LogP contribution in [0.5, 0.6) is 0 Å². The van der Waals surface area contributed by atoms with Crippen molar-refractivity contribution >= 4 is 0 Å². The fourth-order valence-electron chi connectivity index (χ4n) is 0.407. The van der Waals surface area contributed by atoms with E-state index in [0.717, 1.165) is 0 Å². The van der Waals surface area contributed by atoms with Crippen molar-refractivity contribution in [2.45, 2.75) is 24.5 Å². The van der Waals surface area contributed by atoms with E-state index in [0.29, 0.717) is 0 Å². The lowest BCUT2D eigenvalue weighted by Crippen LogP contribution is -2.52. The molecule has 1 fully saturated rings. The second-order valence-electron chi connectivity index (χ2n) is 1.56. The molecule has 1 aliphatic rings. The van der Waals surface area contributed by atoms with Crippen molar-refractivity contribution in [1.82, 2.24) is 0 Å². The smallest absolute Gasteiger partial charge is 0.183 e. The van der Waals surface area contributed by atoms with Crippen LogP contribution in [0, 0.1) is 0 Å². The summed E-state index contributed by atoms with van der Waals surface area (Å²) in [5, 5.41) is 36.9. The number of ether oxygens (including phenoxy) is 1. The maximum atomic E-state index is 9.29. The Hall–Kier alpha value is -0.200. The fourth-order valence-corrected chi connectivity index (χ4v) is 0.407. The highest BCUT2D eigenvalue weighted by molar-refractivity contribution is 4.81. The third-order valence-corrected chi connectivity index (χ3v) is 0.896. The highest BCUT2D eigenvalue weighted by Crippen LogP contribution is 2.12. The Kier molecular flexibility index (Phi) is 0.855. The molecule has 0 bridgehead atoms. The van der Waals surface area contributed by atoms with E-state index in [1.165, 1.54) is 0 Å². The van der Waals surface area contributed by atoms with Gasteiger partial charge in [0.2, 0.25) is 0 Å². The van der Waals surface area contributed by atoms with Gasteiger partial charge in [-0.1, -0.05) is 0 Å². The van der Waals surface area contributed by atoms with Crippen LogP contribution in [0.15, 0.2) is 0 Å². The molecular formula is C5H10O5. The molecule has 0 saturated carbocycles. The Balaban J connectivity index is 3.43. The molecule has 0 amide bonds. The van der Waals surface area contributed by atoms with E-state index in [1.807, 2.05) is 0 Å². The summed E-state index contributed by atoms with van der Waals surface area (Å²) in [7, 11) is 0. The van der Waals surface area contributed by atoms with E-state index in [4.69, 9.17) is 13.3 Å². The van der Waals surface area contributed by atoms with Crippen molar-refractivity contribution in [1.29, 1.82) is 0 Å². The summed E-state index contributed by atoms with van der Waals surface area (Å²) in [5.74, 6) is 0. The van der Waals surface area contributed by atoms with Crippen molar-refractivity contribution in [3.05, 3.63) is 0 Å². The Morgan fingerprint density at radius 1 is 1.30 bits per heavy atom. The standard InChI is InChI=1S/C5H10O5/c6-2-1-10-5(9)4(8)3(2)7/h2-9H,1H2/t2-,3+,4-,5?/m1/s1/i1D2,2D,3D,4D,5D. The second kappa shape index (κ2) is 2.81. The number of hydrogen-bond donors (Lipinski definition) is 4. The minimum absolute atomic E-state index is 3.53. The molecule has 5 nitrogen and oxygen atoms in total. The maximum Gasteiger partial charge on any atom is 0.183 e. The summed E-state index contributed by atoms with van der Waals surface area (Å²) in [6, 6.07) is 0. The molecule has 1 aliphatic heterocycles. The van der Waals surface area contributed by atoms with Crippen LogP contribution in [0.1, 0.15) is 8.22 Å². The first-order chi connectivity index (χ1) is 6.71. The van der Waals surface area contributed by atoms with Gasteiger partial charge in [-0.15, -0.1) is 0 Å². The molecule has 0 aromatic heterocycles. The van der Waals surface area contributed by atoms with Crippen molar-refractivity contribution in [2.75, 3.05) is 6.56 Å². The van der Waals surface area contributed by atoms with Crippen LogP contribution in [0.3, 0.4) is 0 Å². The predicted octanol–water partition coefficient (Wildman–Crippen LogP) is -2.58. The van der Waals surface area contributed by atoms with Crippen molar-refractivity contribution in [2.24, 2.45) is 0 Å². The van der Waals surface area contributed by atoms with E-state index >= 15 is 0 Å². The van der Waals surface area contributed by atoms with Gasteiger partial charge >= 0.3 is 0 Å². The van der Waals surface area contributed by atoms with Crippen LogP contribution < -0.4 is 0 Å². The summed E-state index contributed by atoms with van der Waals surface area (Å²) >= 11 is 0. The molecule has 5 heteroatoms. The molecule has 0 spiro atoms. The van der Waals surface area contributed by atoms with Gasteiger partial charge in [0.25, 0.3) is 0 Å². The minimum Gasteiger partial charge on any atom is -0.388 e. The van der Waals surface area contributed by atoms with Gasteiger partial charge in [0, 0.05) is 0 Å². The molecule has 0 radical (unpaired) electrons. The molecule has 0 aromatic rings. The molecule has 0 aromatic carbocycles. The third kappa shape index (κ3) is 1.28. The lowest BCUT2D eigenvalue weighted by molar-refractivity contribution is -0.252. The molecule has 1 unspecified atom stereocenters. The quantitative estimate of drug-likeness (QED) is 0.309. The summed E-state index contributed by atoms with van der Waals surface area (Å²) in [6.07, 6.45) is -15.2. The van der Waals surface area contributed by atoms with E-state index in [-0.39, 0.29) is 0 Å². The number of rotatable bonds is 0. The lowest BCUT2D eigenvalue weighted by atomic mass is 10.1. The van der Waals surface area contributed by atoms with Gasteiger partial charge in [0.15, 0.2) is 6.27 Å². The summed E-state index contributed by atoms with van der Waals surface area (Å²) in [5.41, 5.74) is 0. The van der Waals surface area contributed by atoms with Crippen molar-refractivity contribution in [3.63, 3.8) is 0 Å². The van der Waals surface area contributed by atoms with Gasteiger partial charge in [0.1, 0.15) is 18.2 Å². The van der Waals surface area contributed by atoms with E-state index in [2.05, 4.69) is 4.74 Å². The largest absolute Gasteiger partial charge is 0.388 e. The normalized spacial score (nSPS) is 92.4. The summed E-state index contributed by atoms with van der Waals surface area (Å²) < 4.78 is 45.7. The average molecular weight is 156 g/mol. The molecule has 4 N–H and O–H groups in total. The van der Waals surface area contributed by atoms with Crippen LogP contribution in [0.4, 0.5) is 0 Å². The summed E-state index contributed by atoms with van der Waals surface area (Å²) in [6.45, 7) is -3.53. The van der Waals surface area contributed by atoms with Crippen LogP contribution in [-0.4, -0.2) is 51.5 Å². The first kappa shape index (κ1) is 3.04. The monoisotopic (exact) mass is 156 g/mol. The van der Waals surface area contributed by atoms with Crippen LogP contribution in [0.25, 0.3) is 0 Å². The Morgan fingerprint density at radius 2 is 1.90 bits per heavy atom. The van der Waals surface area contributed by atoms with Gasteiger partial charge in [0.05, 0.1) is 14.8 Å². The number of aliphatic hydroxyl groups is 4. The van der Waals surface area contributed by atoms with E-state index < -0.39 is 31.1 Å². The van der Waals surface area contributed by atoms with E-state index in [9.17, 15) is 15.3 Å². The predicted molar refractivity (Wildman–Crippen MR) is 30.0 cm³/mol. The average Bonchev–Trinajstić information content (AvgIpc) is 1.98. The van der Waals surface area contributed by atoms with Crippen LogP contribution >= 0.6 is 0 Å². The zero-order chi connectivity index (χ0) is 13.2. The molecule has 10 heavy (non-hydrogen) atoms. The van der Waals surface area contributed by atoms with Crippen molar-refractivity contribution < 1.29 is 33.4 Å². The zero-order valence-electron chi connectivity index (χ0n) is 10.7. The molecule has 0 aliphatic carbocycles. The molecule has 1 saturated heterocycles. The Morgan fingerprint density at radius 3 is 2.50 bits per heavy atom. The van der Waals surface area contributed by atoms with Gasteiger partial charge in [-0.3, -0.25) is 0 Å². The van der Waals surface area contributed by atoms with E-state index in [1.54, 1.807) is 0 Å². The highest BCUT2D eigenvalue weighted by Gasteiger charge is 2.36. The first-order valence-corrected chi connectivity index (χ1v) is 2.30. The molecule has 60 valence electrons. The van der Waals surface area contributed by atoms with Gasteiger partial charge in [-0.2, -0.15) is 0 Å². The molecular weight excluding hydrogens is 140 g/mol. The number of hydrogen-bond acceptors (Lipinski definition) is 5. The van der Waals surface area contributed by atoms with Gasteiger partial charge < -0.3 is 25.2 Å². The van der Waals surface area contributed by atoms with Crippen LogP contribution in [0.2, 0.25) is 0 Å². The summed E-state index contributed by atoms with van der Waals surface area (Å²) in [4.78, 5) is 0. The SMILES string of the molecule is [2H]C1(O)OC([2H])([2H])[C@@]([2H])(O)[C@]([2H])(O)[C@@]1([2H])O. The molecule has 1 rings (SSSR count). The lowest BCUT2D eigenvalue weighted by Gasteiger charge is -2.31. The molecule has 1 heterocycles. The Bertz CT molecular complexity index is 284. The zero-order valence-corrected chi connectivity index (χ0v) is 4.70. The first-order valence-electron chi connectivity index (χ1n) is 5.30. The second-order valence-corrected chi connectivity index (χ2v) is 1.56. The van der Waals surface area contributed by atoms with Gasteiger partial charge in [-0.05, 0) is 0 Å². The Labute approximate surface area is 65.9 Å². The molecule has 4 atom stereocenters. The van der Waals surface area contributed by atoms with Crippen LogP contribution in [-0.2, 0) is 4.74 Å². The highest BCUT2D eigenvalue weighted by atomic mass is 16.6. The topological polar surface area (TPSA) is 90.2 Å². The maximum absolute atomic E-state index is 9.29. The minimum atomic E-state index is -3.90. The van der Waals surface area contributed by atoms with Crippen molar-refractivity contribution in [3.8, 4) is 0 Å².